The normalized spacial score (nSPS) is 10.4. The highest BCUT2D eigenvalue weighted by atomic mass is 16.5. The molecule has 2 N–H and O–H groups in total. The van der Waals surface area contributed by atoms with Crippen molar-refractivity contribution in [2.24, 2.45) is 0 Å². The highest BCUT2D eigenvalue weighted by Crippen LogP contribution is 2.27. The molecule has 0 amide bonds. The van der Waals surface area contributed by atoms with Crippen LogP contribution >= 0.6 is 0 Å². The van der Waals surface area contributed by atoms with Gasteiger partial charge in [0, 0.05) is 12.2 Å². The number of benzene rings is 2. The summed E-state index contributed by atoms with van der Waals surface area (Å²) in [7, 11) is 3.23. The third-order valence-electron chi connectivity index (χ3n) is 4.32. The van der Waals surface area contributed by atoms with E-state index in [9.17, 15) is 0 Å². The Morgan fingerprint density at radius 2 is 1.81 bits per heavy atom. The smallest absolute Gasteiger partial charge is 0.244 e. The van der Waals surface area contributed by atoms with Gasteiger partial charge in [-0.1, -0.05) is 18.2 Å². The van der Waals surface area contributed by atoms with E-state index in [4.69, 9.17) is 9.47 Å². The van der Waals surface area contributed by atoms with Gasteiger partial charge in [-0.25, -0.2) is 0 Å². The number of nitrogens with zero attached hydrogens (tertiary/aromatic N) is 3. The molecule has 140 valence electrons. The molecule has 0 spiro atoms. The van der Waals surface area contributed by atoms with Gasteiger partial charge in [-0.15, -0.1) is 5.10 Å². The molecule has 1 heterocycles. The second-order valence-corrected chi connectivity index (χ2v) is 6.08. The minimum atomic E-state index is 0.445. The first-order valence-electron chi connectivity index (χ1n) is 8.58. The number of methoxy groups -OCH3 is 2. The van der Waals surface area contributed by atoms with E-state index in [2.05, 4.69) is 45.7 Å². The lowest BCUT2D eigenvalue weighted by molar-refractivity contribution is 0.354. The summed E-state index contributed by atoms with van der Waals surface area (Å²) in [6.45, 7) is 4.69. The molecule has 0 fully saturated rings. The lowest BCUT2D eigenvalue weighted by atomic mass is 10.1. The summed E-state index contributed by atoms with van der Waals surface area (Å²) in [6.07, 6.45) is 1.60. The van der Waals surface area contributed by atoms with Gasteiger partial charge in [-0.2, -0.15) is 10.1 Å². The standard InChI is InChI=1S/C20H23N5O2/c1-13-6-5-7-16(14(13)2)23-19-12-22-25-20(24-19)21-11-15-8-9-17(26-3)18(10-15)27-4/h5-10,12H,11H2,1-4H3,(H2,21,23,24,25). The van der Waals surface area contributed by atoms with Gasteiger partial charge in [0.15, 0.2) is 17.3 Å². The largest absolute Gasteiger partial charge is 0.493 e. The fourth-order valence-electron chi connectivity index (χ4n) is 2.63. The molecule has 0 saturated carbocycles. The highest BCUT2D eigenvalue weighted by molar-refractivity contribution is 5.61. The van der Waals surface area contributed by atoms with Crippen LogP contribution in [0.4, 0.5) is 17.5 Å². The number of anilines is 3. The summed E-state index contributed by atoms with van der Waals surface area (Å²) in [4.78, 5) is 4.48. The minimum Gasteiger partial charge on any atom is -0.493 e. The van der Waals surface area contributed by atoms with Crippen LogP contribution in [0.15, 0.2) is 42.6 Å². The van der Waals surface area contributed by atoms with Crippen LogP contribution in [-0.4, -0.2) is 29.4 Å². The Hall–Kier alpha value is -3.35. The molecule has 0 unspecified atom stereocenters. The van der Waals surface area contributed by atoms with E-state index in [1.807, 2.05) is 30.3 Å². The Balaban J connectivity index is 1.70. The fourth-order valence-corrected chi connectivity index (χ4v) is 2.63. The van der Waals surface area contributed by atoms with Crippen LogP contribution in [0.25, 0.3) is 0 Å². The van der Waals surface area contributed by atoms with E-state index in [0.717, 1.165) is 11.3 Å². The van der Waals surface area contributed by atoms with Gasteiger partial charge in [0.05, 0.1) is 20.4 Å². The number of hydrogen-bond donors (Lipinski definition) is 2. The summed E-state index contributed by atoms with van der Waals surface area (Å²) in [5, 5.41) is 14.5. The molecular formula is C20H23N5O2. The van der Waals surface area contributed by atoms with Gasteiger partial charge in [0.2, 0.25) is 5.95 Å². The zero-order valence-corrected chi connectivity index (χ0v) is 15.9. The number of hydrogen-bond acceptors (Lipinski definition) is 7. The van der Waals surface area contributed by atoms with E-state index in [0.29, 0.717) is 29.8 Å². The van der Waals surface area contributed by atoms with Crippen molar-refractivity contribution in [3.63, 3.8) is 0 Å². The maximum atomic E-state index is 5.33. The van der Waals surface area contributed by atoms with Crippen LogP contribution in [0.5, 0.6) is 11.5 Å². The SMILES string of the molecule is COc1ccc(CNc2nncc(Nc3cccc(C)c3C)n2)cc1OC. The van der Waals surface area contributed by atoms with Crippen molar-refractivity contribution in [3.05, 3.63) is 59.3 Å². The van der Waals surface area contributed by atoms with Crippen LogP contribution in [0.3, 0.4) is 0 Å². The molecule has 3 aromatic rings. The monoisotopic (exact) mass is 365 g/mol. The molecule has 2 aromatic carbocycles. The Morgan fingerprint density at radius 1 is 1.00 bits per heavy atom. The number of aryl methyl sites for hydroxylation is 1. The zero-order valence-electron chi connectivity index (χ0n) is 15.9. The molecule has 0 saturated heterocycles. The molecule has 27 heavy (non-hydrogen) atoms. The van der Waals surface area contributed by atoms with Crippen molar-refractivity contribution >= 4 is 17.5 Å². The number of aromatic nitrogens is 3. The molecular weight excluding hydrogens is 342 g/mol. The quantitative estimate of drug-likeness (QED) is 0.658. The molecule has 0 atom stereocenters. The van der Waals surface area contributed by atoms with Crippen LogP contribution in [-0.2, 0) is 6.54 Å². The van der Waals surface area contributed by atoms with E-state index < -0.39 is 0 Å². The number of nitrogens with one attached hydrogen (secondary N) is 2. The predicted molar refractivity (Wildman–Crippen MR) is 106 cm³/mol. The first kappa shape index (κ1) is 18.4. The van der Waals surface area contributed by atoms with Gasteiger partial charge in [-0.3, -0.25) is 0 Å². The van der Waals surface area contributed by atoms with Crippen molar-refractivity contribution < 1.29 is 9.47 Å². The van der Waals surface area contributed by atoms with Crippen LogP contribution in [0.1, 0.15) is 16.7 Å². The Bertz CT molecular complexity index is 930. The van der Waals surface area contributed by atoms with Crippen molar-refractivity contribution in [3.8, 4) is 11.5 Å². The number of rotatable bonds is 7. The van der Waals surface area contributed by atoms with Gasteiger partial charge >= 0.3 is 0 Å². The minimum absolute atomic E-state index is 0.445. The summed E-state index contributed by atoms with van der Waals surface area (Å²) in [5.41, 5.74) is 4.41. The van der Waals surface area contributed by atoms with E-state index >= 15 is 0 Å². The molecule has 0 radical (unpaired) electrons. The van der Waals surface area contributed by atoms with Gasteiger partial charge in [0.1, 0.15) is 0 Å². The van der Waals surface area contributed by atoms with Crippen LogP contribution < -0.4 is 20.1 Å². The second kappa shape index (κ2) is 8.35. The van der Waals surface area contributed by atoms with Gasteiger partial charge < -0.3 is 20.1 Å². The predicted octanol–water partition coefficient (Wildman–Crippen LogP) is 3.86. The summed E-state index contributed by atoms with van der Waals surface area (Å²) >= 11 is 0. The van der Waals surface area contributed by atoms with Gasteiger partial charge in [0.25, 0.3) is 0 Å². The van der Waals surface area contributed by atoms with Crippen LogP contribution in [0, 0.1) is 13.8 Å². The number of ether oxygens (including phenoxy) is 2. The van der Waals surface area contributed by atoms with Crippen molar-refractivity contribution in [2.45, 2.75) is 20.4 Å². The van der Waals surface area contributed by atoms with E-state index in [-0.39, 0.29) is 0 Å². The summed E-state index contributed by atoms with van der Waals surface area (Å²) in [5.74, 6) is 2.45. The Morgan fingerprint density at radius 3 is 2.59 bits per heavy atom. The molecule has 7 heteroatoms. The Kier molecular flexibility index (Phi) is 5.71. The third-order valence-corrected chi connectivity index (χ3v) is 4.32. The maximum Gasteiger partial charge on any atom is 0.244 e. The average molecular weight is 365 g/mol. The van der Waals surface area contributed by atoms with Gasteiger partial charge in [-0.05, 0) is 48.7 Å². The lowest BCUT2D eigenvalue weighted by Gasteiger charge is -2.12. The van der Waals surface area contributed by atoms with E-state index in [1.165, 1.54) is 11.1 Å². The first-order valence-corrected chi connectivity index (χ1v) is 8.58. The molecule has 0 aliphatic heterocycles. The van der Waals surface area contributed by atoms with E-state index in [1.54, 1.807) is 20.4 Å². The van der Waals surface area contributed by atoms with Crippen molar-refractivity contribution in [2.75, 3.05) is 24.9 Å². The van der Waals surface area contributed by atoms with Crippen molar-refractivity contribution in [1.29, 1.82) is 0 Å². The molecule has 0 aliphatic rings. The molecule has 3 rings (SSSR count). The Labute approximate surface area is 158 Å². The topological polar surface area (TPSA) is 81.2 Å². The third kappa shape index (κ3) is 4.44. The molecule has 0 bridgehead atoms. The highest BCUT2D eigenvalue weighted by Gasteiger charge is 2.07. The summed E-state index contributed by atoms with van der Waals surface area (Å²) in [6, 6.07) is 11.8. The average Bonchev–Trinajstić information content (AvgIpc) is 2.70. The molecule has 1 aromatic heterocycles. The molecule has 0 aliphatic carbocycles. The van der Waals surface area contributed by atoms with Crippen molar-refractivity contribution in [1.82, 2.24) is 15.2 Å². The zero-order chi connectivity index (χ0) is 19.2. The maximum absolute atomic E-state index is 5.33. The fraction of sp³-hybridized carbons (Fsp3) is 0.250. The van der Waals surface area contributed by atoms with Crippen LogP contribution in [0.2, 0.25) is 0 Å². The lowest BCUT2D eigenvalue weighted by Crippen LogP contribution is -2.07. The first-order chi connectivity index (χ1) is 13.1. The summed E-state index contributed by atoms with van der Waals surface area (Å²) < 4.78 is 10.6. The molecule has 7 nitrogen and oxygen atoms in total. The second-order valence-electron chi connectivity index (χ2n) is 6.08.